The van der Waals surface area contributed by atoms with Crippen molar-refractivity contribution < 1.29 is 9.59 Å². The number of anilines is 1. The number of amides is 3. The summed E-state index contributed by atoms with van der Waals surface area (Å²) in [7, 11) is 2.20. The quantitative estimate of drug-likeness (QED) is 0.434. The lowest BCUT2D eigenvalue weighted by Crippen LogP contribution is -2.56. The van der Waals surface area contributed by atoms with E-state index in [1.54, 1.807) is 4.90 Å². The van der Waals surface area contributed by atoms with Crippen molar-refractivity contribution in [3.05, 3.63) is 26.6 Å². The lowest BCUT2D eigenvalue weighted by molar-refractivity contribution is -0.135. The predicted octanol–water partition coefficient (Wildman–Crippen LogP) is 3.42. The normalized spacial score (nSPS) is 22.0. The summed E-state index contributed by atoms with van der Waals surface area (Å²) < 4.78 is 1.54. The molecule has 36 heavy (non-hydrogen) atoms. The van der Waals surface area contributed by atoms with Crippen LogP contribution in [0.2, 0.25) is 0 Å². The van der Waals surface area contributed by atoms with E-state index in [2.05, 4.69) is 49.1 Å². The van der Waals surface area contributed by atoms with Crippen LogP contribution in [0.15, 0.2) is 21.1 Å². The van der Waals surface area contributed by atoms with E-state index in [4.69, 9.17) is 11.5 Å². The Labute approximate surface area is 231 Å². The minimum atomic E-state index is -0.629. The first-order chi connectivity index (χ1) is 17.2. The summed E-state index contributed by atoms with van der Waals surface area (Å²) in [6.45, 7) is 5.10. The Kier molecular flexibility index (Phi) is 9.57. The van der Waals surface area contributed by atoms with Crippen LogP contribution in [0.3, 0.4) is 0 Å². The number of nitrogens with zero attached hydrogens (tertiary/aromatic N) is 3. The third kappa shape index (κ3) is 6.94. The summed E-state index contributed by atoms with van der Waals surface area (Å²) in [4.78, 5) is 33.0. The molecular weight excluding hydrogens is 588 g/mol. The molecule has 200 valence electrons. The summed E-state index contributed by atoms with van der Waals surface area (Å²) in [6, 6.07) is 3.18. The number of carbonyl (C=O) groups excluding carboxylic acids is 2. The zero-order valence-electron chi connectivity index (χ0n) is 21.2. The van der Waals surface area contributed by atoms with Gasteiger partial charge < -0.3 is 31.5 Å². The highest BCUT2D eigenvalue weighted by Gasteiger charge is 2.34. The molecule has 0 radical (unpaired) electrons. The zero-order valence-corrected chi connectivity index (χ0v) is 24.4. The van der Waals surface area contributed by atoms with Crippen LogP contribution < -0.4 is 16.8 Å². The summed E-state index contributed by atoms with van der Waals surface area (Å²) in [5.41, 5.74) is 13.6. The maximum atomic E-state index is 13.8. The number of nitrogens with two attached hydrogens (primary N) is 2. The Balaban J connectivity index is 1.42. The molecular formula is C26H40Br2N6O2. The lowest BCUT2D eigenvalue weighted by atomic mass is 9.79. The average Bonchev–Trinajstić information content (AvgIpc) is 2.87. The number of urea groups is 1. The Morgan fingerprint density at radius 3 is 1.97 bits per heavy atom. The standard InChI is InChI=1S/C26H40Br2N6O2/c1-32-8-2-18(3-9-32)19-4-10-33(11-5-19)25(35)23(16-17-14-21(27)24(30)22(28)15-17)31-26(36)34-12-6-20(29)7-13-34/h14-15,18-20,23H,2-13,16,29-30H2,1H3,(H,31,36)/t23-/m0/s1. The van der Waals surface area contributed by atoms with Crippen LogP contribution in [0, 0.1) is 11.8 Å². The molecule has 3 saturated heterocycles. The molecule has 3 amide bonds. The van der Waals surface area contributed by atoms with Crippen molar-refractivity contribution in [2.24, 2.45) is 17.6 Å². The van der Waals surface area contributed by atoms with Crippen molar-refractivity contribution in [3.8, 4) is 0 Å². The molecule has 0 bridgehead atoms. The molecule has 4 rings (SSSR count). The number of nitrogen functional groups attached to an aromatic ring is 1. The summed E-state index contributed by atoms with van der Waals surface area (Å²) in [6.07, 6.45) is 6.59. The van der Waals surface area contributed by atoms with Crippen LogP contribution in [-0.2, 0) is 11.2 Å². The Morgan fingerprint density at radius 1 is 0.917 bits per heavy atom. The lowest BCUT2D eigenvalue weighted by Gasteiger charge is -2.40. The molecule has 0 aromatic heterocycles. The van der Waals surface area contributed by atoms with E-state index in [0.29, 0.717) is 31.1 Å². The molecule has 3 fully saturated rings. The third-order valence-corrected chi connectivity index (χ3v) is 9.59. The Morgan fingerprint density at radius 2 is 1.42 bits per heavy atom. The molecule has 5 N–H and O–H groups in total. The van der Waals surface area contributed by atoms with Crippen molar-refractivity contribution in [2.75, 3.05) is 52.0 Å². The van der Waals surface area contributed by atoms with Gasteiger partial charge in [0.05, 0.1) is 5.69 Å². The molecule has 0 aliphatic carbocycles. The highest BCUT2D eigenvalue weighted by Crippen LogP contribution is 2.33. The van der Waals surface area contributed by atoms with Gasteiger partial charge in [0.25, 0.3) is 0 Å². The fraction of sp³-hybridized carbons (Fsp3) is 0.692. The molecule has 0 spiro atoms. The van der Waals surface area contributed by atoms with Crippen molar-refractivity contribution in [1.29, 1.82) is 0 Å². The number of halogens is 2. The van der Waals surface area contributed by atoms with Gasteiger partial charge >= 0.3 is 6.03 Å². The van der Waals surface area contributed by atoms with Gasteiger partial charge in [-0.15, -0.1) is 0 Å². The summed E-state index contributed by atoms with van der Waals surface area (Å²) in [5, 5.41) is 3.07. The smallest absolute Gasteiger partial charge is 0.318 e. The average molecular weight is 628 g/mol. The monoisotopic (exact) mass is 626 g/mol. The minimum absolute atomic E-state index is 0.00274. The molecule has 3 aliphatic heterocycles. The number of hydrogen-bond acceptors (Lipinski definition) is 5. The second kappa shape index (κ2) is 12.5. The minimum Gasteiger partial charge on any atom is -0.397 e. The van der Waals surface area contributed by atoms with E-state index < -0.39 is 6.04 Å². The largest absolute Gasteiger partial charge is 0.397 e. The van der Waals surface area contributed by atoms with Gasteiger partial charge in [-0.25, -0.2) is 4.79 Å². The molecule has 10 heteroatoms. The van der Waals surface area contributed by atoms with Gasteiger partial charge in [-0.1, -0.05) is 0 Å². The second-order valence-electron chi connectivity index (χ2n) is 10.8. The molecule has 3 aliphatic rings. The first-order valence-electron chi connectivity index (χ1n) is 13.2. The molecule has 8 nitrogen and oxygen atoms in total. The summed E-state index contributed by atoms with van der Waals surface area (Å²) >= 11 is 7.01. The number of nitrogens with one attached hydrogen (secondary N) is 1. The van der Waals surface area contributed by atoms with Crippen LogP contribution in [-0.4, -0.2) is 85.0 Å². The highest BCUT2D eigenvalue weighted by atomic mass is 79.9. The van der Waals surface area contributed by atoms with Gasteiger partial charge in [0.1, 0.15) is 6.04 Å². The first-order valence-corrected chi connectivity index (χ1v) is 14.8. The van der Waals surface area contributed by atoms with Crippen molar-refractivity contribution in [2.45, 2.75) is 57.0 Å². The topological polar surface area (TPSA) is 108 Å². The fourth-order valence-electron chi connectivity index (χ4n) is 5.84. The van der Waals surface area contributed by atoms with Gasteiger partial charge in [-0.2, -0.15) is 0 Å². The number of likely N-dealkylation sites (tertiary alicyclic amines) is 3. The number of piperidine rings is 3. The van der Waals surface area contributed by atoms with Gasteiger partial charge in [0.2, 0.25) is 5.91 Å². The number of benzene rings is 1. The van der Waals surface area contributed by atoms with Crippen molar-refractivity contribution in [1.82, 2.24) is 20.0 Å². The maximum Gasteiger partial charge on any atom is 0.318 e. The molecule has 1 aromatic rings. The predicted molar refractivity (Wildman–Crippen MR) is 151 cm³/mol. The van der Waals surface area contributed by atoms with Crippen LogP contribution in [0.25, 0.3) is 0 Å². The van der Waals surface area contributed by atoms with Crippen LogP contribution in [0.4, 0.5) is 10.5 Å². The Hall–Kier alpha value is -1.36. The van der Waals surface area contributed by atoms with Gasteiger partial charge in [-0.05, 0) is 120 Å². The van der Waals surface area contributed by atoms with E-state index in [1.165, 1.54) is 25.9 Å². The molecule has 3 heterocycles. The van der Waals surface area contributed by atoms with E-state index in [1.807, 2.05) is 17.0 Å². The van der Waals surface area contributed by atoms with E-state index in [9.17, 15) is 9.59 Å². The van der Waals surface area contributed by atoms with Gasteiger partial charge in [0.15, 0.2) is 0 Å². The van der Waals surface area contributed by atoms with Crippen LogP contribution >= 0.6 is 31.9 Å². The maximum absolute atomic E-state index is 13.8. The molecule has 1 atom stereocenters. The molecule has 0 unspecified atom stereocenters. The van der Waals surface area contributed by atoms with Crippen molar-refractivity contribution in [3.63, 3.8) is 0 Å². The number of carbonyl (C=O) groups is 2. The molecule has 1 aromatic carbocycles. The van der Waals surface area contributed by atoms with Gasteiger partial charge in [-0.3, -0.25) is 4.79 Å². The third-order valence-electron chi connectivity index (χ3n) is 8.28. The Bertz CT molecular complexity index is 900. The van der Waals surface area contributed by atoms with Gasteiger partial charge in [0, 0.05) is 47.6 Å². The van der Waals surface area contributed by atoms with Crippen molar-refractivity contribution >= 4 is 49.5 Å². The van der Waals surface area contributed by atoms with E-state index in [0.717, 1.165) is 59.2 Å². The summed E-state index contributed by atoms with van der Waals surface area (Å²) in [5.74, 6) is 1.46. The first kappa shape index (κ1) is 27.7. The van der Waals surface area contributed by atoms with E-state index in [-0.39, 0.29) is 18.0 Å². The number of rotatable bonds is 5. The number of hydrogen-bond donors (Lipinski definition) is 3. The second-order valence-corrected chi connectivity index (χ2v) is 12.5. The SMILES string of the molecule is CN1CCC(C2CCN(C(=O)[C@H](Cc3cc(Br)c(N)c(Br)c3)NC(=O)N3CCC(N)CC3)CC2)CC1. The molecule has 0 saturated carbocycles. The zero-order chi connectivity index (χ0) is 25.8. The van der Waals surface area contributed by atoms with E-state index >= 15 is 0 Å². The highest BCUT2D eigenvalue weighted by molar-refractivity contribution is 9.11. The van der Waals surface area contributed by atoms with Crippen LogP contribution in [0.5, 0.6) is 0 Å². The fourth-order valence-corrected chi connectivity index (χ4v) is 7.13. The van der Waals surface area contributed by atoms with Crippen LogP contribution in [0.1, 0.15) is 44.1 Å².